The largest absolute Gasteiger partial charge is 0.454 e. The molecular weight excluding hydrogens is 238 g/mol. The van der Waals surface area contributed by atoms with Crippen molar-refractivity contribution in [3.63, 3.8) is 0 Å². The van der Waals surface area contributed by atoms with E-state index >= 15 is 0 Å². The Morgan fingerprint density at radius 2 is 2.16 bits per heavy atom. The van der Waals surface area contributed by atoms with E-state index in [1.165, 1.54) is 5.56 Å². The first kappa shape index (κ1) is 13.6. The van der Waals surface area contributed by atoms with E-state index < -0.39 is 0 Å². The second-order valence-electron chi connectivity index (χ2n) is 4.82. The Bertz CT molecular complexity index is 520. The fourth-order valence-corrected chi connectivity index (χ4v) is 1.75. The van der Waals surface area contributed by atoms with Crippen LogP contribution in [0.25, 0.3) is 0 Å². The molecule has 0 amide bonds. The molecule has 1 heterocycles. The van der Waals surface area contributed by atoms with Gasteiger partial charge in [0.1, 0.15) is 5.75 Å². The number of aryl methyl sites for hydroxylation is 1. The minimum atomic E-state index is 0.479. The molecule has 0 bridgehead atoms. The normalized spacial score (nSPS) is 10.9. The van der Waals surface area contributed by atoms with E-state index in [4.69, 9.17) is 4.74 Å². The molecule has 0 aliphatic heterocycles. The molecule has 0 unspecified atom stereocenters. The first-order chi connectivity index (χ1) is 9.17. The summed E-state index contributed by atoms with van der Waals surface area (Å²) in [5.74, 6) is 1.62. The summed E-state index contributed by atoms with van der Waals surface area (Å²) in [6.07, 6.45) is 3.64. The van der Waals surface area contributed by atoms with Crippen LogP contribution in [-0.2, 0) is 13.1 Å². The summed E-state index contributed by atoms with van der Waals surface area (Å²) in [6, 6.07) is 8.60. The highest BCUT2D eigenvalue weighted by atomic mass is 16.5. The Balaban J connectivity index is 2.02. The van der Waals surface area contributed by atoms with E-state index in [2.05, 4.69) is 43.3 Å². The molecule has 0 saturated carbocycles. The standard InChI is InChI=1S/C15H21N3O/c1-4-18-11-15(10-17-18)19-14-7-5-6-13(8-14)9-16-12(2)3/h5-8,10-12,16H,4,9H2,1-3H3. The van der Waals surface area contributed by atoms with Gasteiger partial charge >= 0.3 is 0 Å². The van der Waals surface area contributed by atoms with Gasteiger partial charge in [-0.1, -0.05) is 26.0 Å². The summed E-state index contributed by atoms with van der Waals surface area (Å²) < 4.78 is 7.64. The maximum absolute atomic E-state index is 5.80. The number of aromatic nitrogens is 2. The predicted octanol–water partition coefficient (Wildman–Crippen LogP) is 3.19. The number of rotatable bonds is 6. The molecule has 0 aliphatic carbocycles. The number of hydrogen-bond acceptors (Lipinski definition) is 3. The van der Waals surface area contributed by atoms with Crippen LogP contribution < -0.4 is 10.1 Å². The molecule has 4 nitrogen and oxygen atoms in total. The van der Waals surface area contributed by atoms with Gasteiger partial charge in [0.05, 0.1) is 12.4 Å². The fourth-order valence-electron chi connectivity index (χ4n) is 1.75. The number of benzene rings is 1. The summed E-state index contributed by atoms with van der Waals surface area (Å²) in [7, 11) is 0. The molecule has 4 heteroatoms. The maximum atomic E-state index is 5.80. The molecule has 0 saturated heterocycles. The van der Waals surface area contributed by atoms with Gasteiger partial charge in [-0.25, -0.2) is 0 Å². The second kappa shape index (κ2) is 6.38. The van der Waals surface area contributed by atoms with Crippen LogP contribution >= 0.6 is 0 Å². The van der Waals surface area contributed by atoms with Gasteiger partial charge in [-0.3, -0.25) is 4.68 Å². The van der Waals surface area contributed by atoms with Crippen LogP contribution in [0.15, 0.2) is 36.7 Å². The lowest BCUT2D eigenvalue weighted by molar-refractivity contribution is 0.479. The number of nitrogens with zero attached hydrogens (tertiary/aromatic N) is 2. The van der Waals surface area contributed by atoms with Gasteiger partial charge in [0.15, 0.2) is 5.75 Å². The molecular formula is C15H21N3O. The van der Waals surface area contributed by atoms with Crippen LogP contribution in [0.1, 0.15) is 26.3 Å². The van der Waals surface area contributed by atoms with Gasteiger partial charge in [-0.15, -0.1) is 0 Å². The van der Waals surface area contributed by atoms with Crippen molar-refractivity contribution in [3.05, 3.63) is 42.2 Å². The first-order valence-electron chi connectivity index (χ1n) is 6.70. The van der Waals surface area contributed by atoms with Crippen molar-refractivity contribution in [2.75, 3.05) is 0 Å². The van der Waals surface area contributed by atoms with Crippen LogP contribution in [0, 0.1) is 0 Å². The third-order valence-electron chi connectivity index (χ3n) is 2.78. The number of hydrogen-bond donors (Lipinski definition) is 1. The van der Waals surface area contributed by atoms with Crippen molar-refractivity contribution in [2.45, 2.75) is 39.9 Å². The highest BCUT2D eigenvalue weighted by Gasteiger charge is 2.02. The Hall–Kier alpha value is -1.81. The zero-order valence-electron chi connectivity index (χ0n) is 11.8. The molecule has 0 fully saturated rings. The maximum Gasteiger partial charge on any atom is 0.165 e. The zero-order valence-corrected chi connectivity index (χ0v) is 11.8. The van der Waals surface area contributed by atoms with Gasteiger partial charge in [-0.2, -0.15) is 5.10 Å². The monoisotopic (exact) mass is 259 g/mol. The lowest BCUT2D eigenvalue weighted by Gasteiger charge is -2.09. The molecule has 1 aromatic heterocycles. The van der Waals surface area contributed by atoms with E-state index in [-0.39, 0.29) is 0 Å². The molecule has 2 aromatic rings. The number of nitrogens with one attached hydrogen (secondary N) is 1. The third-order valence-corrected chi connectivity index (χ3v) is 2.78. The molecule has 2 rings (SSSR count). The molecule has 0 aliphatic rings. The average molecular weight is 259 g/mol. The Morgan fingerprint density at radius 3 is 2.84 bits per heavy atom. The minimum Gasteiger partial charge on any atom is -0.454 e. The lowest BCUT2D eigenvalue weighted by Crippen LogP contribution is -2.21. The van der Waals surface area contributed by atoms with Crippen LogP contribution in [0.4, 0.5) is 0 Å². The smallest absolute Gasteiger partial charge is 0.165 e. The van der Waals surface area contributed by atoms with Crippen molar-refractivity contribution in [1.29, 1.82) is 0 Å². The van der Waals surface area contributed by atoms with Crippen molar-refractivity contribution in [1.82, 2.24) is 15.1 Å². The van der Waals surface area contributed by atoms with E-state index in [0.29, 0.717) is 6.04 Å². The second-order valence-corrected chi connectivity index (χ2v) is 4.82. The lowest BCUT2D eigenvalue weighted by atomic mass is 10.2. The first-order valence-corrected chi connectivity index (χ1v) is 6.70. The highest BCUT2D eigenvalue weighted by molar-refractivity contribution is 5.32. The van der Waals surface area contributed by atoms with E-state index in [1.807, 2.05) is 23.0 Å². The SMILES string of the molecule is CCn1cc(Oc2cccc(CNC(C)C)c2)cn1. The summed E-state index contributed by atoms with van der Waals surface area (Å²) in [5.41, 5.74) is 1.22. The summed E-state index contributed by atoms with van der Waals surface area (Å²) in [6.45, 7) is 8.03. The van der Waals surface area contributed by atoms with Crippen molar-refractivity contribution in [3.8, 4) is 11.5 Å². The Labute approximate surface area is 114 Å². The van der Waals surface area contributed by atoms with E-state index in [0.717, 1.165) is 24.6 Å². The minimum absolute atomic E-state index is 0.479. The molecule has 1 aromatic carbocycles. The molecule has 19 heavy (non-hydrogen) atoms. The summed E-state index contributed by atoms with van der Waals surface area (Å²) in [4.78, 5) is 0. The van der Waals surface area contributed by atoms with Crippen LogP contribution in [0.2, 0.25) is 0 Å². The van der Waals surface area contributed by atoms with Gasteiger partial charge < -0.3 is 10.1 Å². The molecule has 102 valence electrons. The van der Waals surface area contributed by atoms with Crippen molar-refractivity contribution in [2.24, 2.45) is 0 Å². The highest BCUT2D eigenvalue weighted by Crippen LogP contribution is 2.21. The number of ether oxygens (including phenoxy) is 1. The molecule has 1 N–H and O–H groups in total. The predicted molar refractivity (Wildman–Crippen MR) is 76.4 cm³/mol. The fraction of sp³-hybridized carbons (Fsp3) is 0.400. The molecule has 0 radical (unpaired) electrons. The Kier molecular flexibility index (Phi) is 4.58. The average Bonchev–Trinajstić information content (AvgIpc) is 2.84. The third kappa shape index (κ3) is 4.10. The van der Waals surface area contributed by atoms with E-state index in [9.17, 15) is 0 Å². The van der Waals surface area contributed by atoms with Gasteiger partial charge in [0.2, 0.25) is 0 Å². The van der Waals surface area contributed by atoms with Crippen LogP contribution in [0.5, 0.6) is 11.5 Å². The van der Waals surface area contributed by atoms with Gasteiger partial charge in [-0.05, 0) is 24.6 Å². The topological polar surface area (TPSA) is 39.1 Å². The van der Waals surface area contributed by atoms with Crippen LogP contribution in [0.3, 0.4) is 0 Å². The van der Waals surface area contributed by atoms with Gasteiger partial charge in [0.25, 0.3) is 0 Å². The van der Waals surface area contributed by atoms with E-state index in [1.54, 1.807) is 6.20 Å². The van der Waals surface area contributed by atoms with Crippen molar-refractivity contribution < 1.29 is 4.74 Å². The van der Waals surface area contributed by atoms with Gasteiger partial charge in [0, 0.05) is 19.1 Å². The molecule has 0 atom stereocenters. The zero-order chi connectivity index (χ0) is 13.7. The summed E-state index contributed by atoms with van der Waals surface area (Å²) >= 11 is 0. The quantitative estimate of drug-likeness (QED) is 0.866. The van der Waals surface area contributed by atoms with Crippen LogP contribution in [-0.4, -0.2) is 15.8 Å². The summed E-state index contributed by atoms with van der Waals surface area (Å²) in [5, 5.41) is 7.59. The molecule has 0 spiro atoms. The van der Waals surface area contributed by atoms with Crippen molar-refractivity contribution >= 4 is 0 Å². The Morgan fingerprint density at radius 1 is 1.32 bits per heavy atom.